The SMILES string of the molecule is O=C(NCc1cccc(C(=O)NCCO)c1)C1=C[C@H]2OC(C3CC3)(C3CC3)O[C@H]2[C@H](OC(=O)c2ccc(C=COCCO)cc2)C1. The number of fused-ring (bicyclic) bond motifs is 1. The highest BCUT2D eigenvalue weighted by atomic mass is 16.8. The maximum atomic E-state index is 13.5. The van der Waals surface area contributed by atoms with Crippen molar-refractivity contribution in [2.45, 2.75) is 62.7 Å². The van der Waals surface area contributed by atoms with Gasteiger partial charge in [-0.3, -0.25) is 9.59 Å². The minimum atomic E-state index is -0.729. The van der Waals surface area contributed by atoms with E-state index in [0.29, 0.717) is 28.5 Å². The number of nitrogens with one attached hydrogen (secondary N) is 2. The Hall–Kier alpha value is -4.03. The minimum absolute atomic E-state index is 0.0748. The highest BCUT2D eigenvalue weighted by molar-refractivity contribution is 5.95. The molecule has 1 saturated heterocycles. The van der Waals surface area contributed by atoms with Gasteiger partial charge < -0.3 is 39.8 Å². The smallest absolute Gasteiger partial charge is 0.338 e. The molecule has 6 rings (SSSR count). The van der Waals surface area contributed by atoms with Gasteiger partial charge in [0, 0.05) is 42.5 Å². The van der Waals surface area contributed by atoms with Crippen molar-refractivity contribution in [3.8, 4) is 0 Å². The van der Waals surface area contributed by atoms with Gasteiger partial charge in [-0.1, -0.05) is 24.3 Å². The van der Waals surface area contributed by atoms with Crippen LogP contribution in [0.5, 0.6) is 0 Å². The summed E-state index contributed by atoms with van der Waals surface area (Å²) in [6.07, 6.45) is 7.53. The molecule has 2 amide bonds. The quantitative estimate of drug-likeness (QED) is 0.140. The summed E-state index contributed by atoms with van der Waals surface area (Å²) >= 11 is 0. The van der Waals surface area contributed by atoms with Crippen LogP contribution in [0.25, 0.3) is 6.08 Å². The first kappa shape index (κ1) is 31.9. The van der Waals surface area contributed by atoms with Crippen LogP contribution in [0.4, 0.5) is 0 Å². The predicted octanol–water partition coefficient (Wildman–Crippen LogP) is 2.86. The molecule has 0 aromatic heterocycles. The van der Waals surface area contributed by atoms with Gasteiger partial charge in [0.2, 0.25) is 5.91 Å². The van der Waals surface area contributed by atoms with Crippen LogP contribution >= 0.6 is 0 Å². The van der Waals surface area contributed by atoms with Crippen LogP contribution < -0.4 is 10.6 Å². The molecule has 3 fully saturated rings. The molecule has 2 aromatic carbocycles. The summed E-state index contributed by atoms with van der Waals surface area (Å²) in [4.78, 5) is 39.1. The molecule has 11 nitrogen and oxygen atoms in total. The van der Waals surface area contributed by atoms with E-state index in [2.05, 4.69) is 10.6 Å². The summed E-state index contributed by atoms with van der Waals surface area (Å²) in [6, 6.07) is 13.8. The van der Waals surface area contributed by atoms with Crippen molar-refractivity contribution in [3.05, 3.63) is 88.7 Å². The lowest BCUT2D eigenvalue weighted by Crippen LogP contribution is -2.44. The first-order valence-electron chi connectivity index (χ1n) is 15.9. The molecule has 2 aromatic rings. The van der Waals surface area contributed by atoms with Gasteiger partial charge in [0.05, 0.1) is 25.0 Å². The number of esters is 1. The molecule has 3 atom stereocenters. The van der Waals surface area contributed by atoms with Crippen molar-refractivity contribution >= 4 is 23.9 Å². The van der Waals surface area contributed by atoms with Gasteiger partial charge in [-0.2, -0.15) is 0 Å². The lowest BCUT2D eigenvalue weighted by molar-refractivity contribution is -0.209. The van der Waals surface area contributed by atoms with E-state index in [-0.39, 0.29) is 51.1 Å². The highest BCUT2D eigenvalue weighted by Crippen LogP contribution is 2.59. The first-order chi connectivity index (χ1) is 22.4. The number of hydrogen-bond acceptors (Lipinski definition) is 9. The van der Waals surface area contributed by atoms with Crippen molar-refractivity contribution in [2.24, 2.45) is 11.8 Å². The molecule has 11 heteroatoms. The van der Waals surface area contributed by atoms with Crippen molar-refractivity contribution < 1.29 is 43.5 Å². The summed E-state index contributed by atoms with van der Waals surface area (Å²) in [7, 11) is 0. The zero-order valence-corrected chi connectivity index (χ0v) is 25.6. The Balaban J connectivity index is 1.15. The van der Waals surface area contributed by atoms with Gasteiger partial charge in [-0.15, -0.1) is 0 Å². The molecule has 0 bridgehead atoms. The zero-order chi connectivity index (χ0) is 32.1. The van der Waals surface area contributed by atoms with Crippen molar-refractivity contribution in [2.75, 3.05) is 26.4 Å². The molecule has 0 unspecified atom stereocenters. The highest BCUT2D eigenvalue weighted by Gasteiger charge is 2.64. The second-order valence-corrected chi connectivity index (χ2v) is 12.2. The van der Waals surface area contributed by atoms with Gasteiger partial charge >= 0.3 is 5.97 Å². The van der Waals surface area contributed by atoms with Crippen molar-refractivity contribution in [1.29, 1.82) is 0 Å². The molecule has 1 heterocycles. The first-order valence-corrected chi connectivity index (χ1v) is 15.9. The largest absolute Gasteiger partial charge is 0.499 e. The molecular formula is C35H40N2O9. The number of aliphatic hydroxyl groups excluding tert-OH is 2. The van der Waals surface area contributed by atoms with Crippen LogP contribution in [0, 0.1) is 11.8 Å². The molecular weight excluding hydrogens is 592 g/mol. The predicted molar refractivity (Wildman–Crippen MR) is 166 cm³/mol. The van der Waals surface area contributed by atoms with Gasteiger partial charge in [-0.25, -0.2) is 4.79 Å². The third kappa shape index (κ3) is 7.33. The number of carbonyl (C=O) groups excluding carboxylic acids is 3. The Kier molecular flexibility index (Phi) is 9.83. The molecule has 46 heavy (non-hydrogen) atoms. The van der Waals surface area contributed by atoms with E-state index in [4.69, 9.17) is 29.2 Å². The summed E-state index contributed by atoms with van der Waals surface area (Å²) in [6.45, 7) is 0.312. The Morgan fingerprint density at radius 2 is 1.67 bits per heavy atom. The van der Waals surface area contributed by atoms with Gasteiger partial charge in [0.1, 0.15) is 24.9 Å². The van der Waals surface area contributed by atoms with Crippen LogP contribution in [0.3, 0.4) is 0 Å². The minimum Gasteiger partial charge on any atom is -0.499 e. The molecule has 0 spiro atoms. The number of carbonyl (C=O) groups is 3. The maximum Gasteiger partial charge on any atom is 0.338 e. The van der Waals surface area contributed by atoms with E-state index in [9.17, 15) is 14.4 Å². The summed E-state index contributed by atoms with van der Waals surface area (Å²) in [5.74, 6) is -1.24. The van der Waals surface area contributed by atoms with E-state index in [0.717, 1.165) is 36.8 Å². The monoisotopic (exact) mass is 632 g/mol. The summed E-state index contributed by atoms with van der Waals surface area (Å²) in [5.41, 5.74) is 2.80. The lowest BCUT2D eigenvalue weighted by Gasteiger charge is -2.31. The van der Waals surface area contributed by atoms with Gasteiger partial charge in [0.15, 0.2) is 5.79 Å². The van der Waals surface area contributed by atoms with E-state index >= 15 is 0 Å². The summed E-state index contributed by atoms with van der Waals surface area (Å²) in [5, 5.41) is 23.4. The average Bonchev–Trinajstić information content (AvgIpc) is 4.02. The average molecular weight is 633 g/mol. The Labute approximate surface area is 267 Å². The van der Waals surface area contributed by atoms with Crippen molar-refractivity contribution in [1.82, 2.24) is 10.6 Å². The Bertz CT molecular complexity index is 1470. The van der Waals surface area contributed by atoms with Crippen LogP contribution in [-0.2, 0) is 30.3 Å². The number of rotatable bonds is 14. The van der Waals surface area contributed by atoms with Crippen molar-refractivity contribution in [3.63, 3.8) is 0 Å². The van der Waals surface area contributed by atoms with E-state index in [1.165, 1.54) is 6.26 Å². The molecule has 1 aliphatic heterocycles. The van der Waals surface area contributed by atoms with Gasteiger partial charge in [0.25, 0.3) is 5.91 Å². The van der Waals surface area contributed by atoms with E-state index < -0.39 is 30.1 Å². The number of aliphatic hydroxyl groups is 2. The molecule has 4 aliphatic rings. The second-order valence-electron chi connectivity index (χ2n) is 12.2. The fraction of sp³-hybridized carbons (Fsp3) is 0.457. The third-order valence-electron chi connectivity index (χ3n) is 8.71. The van der Waals surface area contributed by atoms with E-state index in [1.54, 1.807) is 48.5 Å². The maximum absolute atomic E-state index is 13.5. The number of ether oxygens (including phenoxy) is 4. The Morgan fingerprint density at radius 1 is 0.913 bits per heavy atom. The van der Waals surface area contributed by atoms with Crippen LogP contribution in [-0.4, -0.2) is 78.5 Å². The Morgan fingerprint density at radius 3 is 2.37 bits per heavy atom. The molecule has 0 radical (unpaired) electrons. The van der Waals surface area contributed by atoms with Crippen LogP contribution in [0.15, 0.2) is 66.4 Å². The summed E-state index contributed by atoms with van der Waals surface area (Å²) < 4.78 is 24.5. The number of amides is 2. The lowest BCUT2D eigenvalue weighted by atomic mass is 9.91. The number of benzene rings is 2. The molecule has 3 aliphatic carbocycles. The normalized spacial score (nSPS) is 23.3. The van der Waals surface area contributed by atoms with Crippen LogP contribution in [0.1, 0.15) is 63.9 Å². The standard InChI is InChI=1S/C35H40N2O9/c38-14-13-36-32(40)25-3-1-2-23(18-25)21-37-33(41)26-19-29(31-30(20-26)45-35(46-31,27-8-9-27)28-10-11-28)44-34(42)24-6-4-22(5-7-24)12-16-43-17-15-39/h1-7,12,16,18,20,27-31,38-39H,8-11,13-15,17,19,21H2,(H,36,40)(H,37,41)/t29-,30-,31+/m1/s1. The topological polar surface area (TPSA) is 153 Å². The number of hydrogen-bond donors (Lipinski definition) is 4. The van der Waals surface area contributed by atoms with Crippen LogP contribution in [0.2, 0.25) is 0 Å². The second kappa shape index (κ2) is 14.2. The molecule has 4 N–H and O–H groups in total. The third-order valence-corrected chi connectivity index (χ3v) is 8.71. The van der Waals surface area contributed by atoms with Gasteiger partial charge in [-0.05, 0) is 73.2 Å². The fourth-order valence-electron chi connectivity index (χ4n) is 6.14. The molecule has 244 valence electrons. The fourth-order valence-corrected chi connectivity index (χ4v) is 6.14. The zero-order valence-electron chi connectivity index (χ0n) is 25.6. The molecule has 2 saturated carbocycles. The van der Waals surface area contributed by atoms with E-state index in [1.807, 2.05) is 12.1 Å².